The minimum Gasteiger partial charge on any atom is -0.486 e. The molecule has 6 nitrogen and oxygen atoms in total. The van der Waals surface area contributed by atoms with Crippen molar-refractivity contribution in [1.82, 2.24) is 9.55 Å². The highest BCUT2D eigenvalue weighted by molar-refractivity contribution is 5.94. The van der Waals surface area contributed by atoms with Gasteiger partial charge in [0.15, 0.2) is 0 Å². The number of benzene rings is 1. The Bertz CT molecular complexity index is 642. The molecule has 7 heteroatoms. The highest BCUT2D eigenvalue weighted by Crippen LogP contribution is 2.17. The quantitative estimate of drug-likeness (QED) is 0.802. The number of nitrogens with two attached hydrogens (primary N) is 1. The van der Waals surface area contributed by atoms with Crippen LogP contribution in [0.1, 0.15) is 26.1 Å². The number of nitrogens with one attached hydrogen (secondary N) is 1. The molecule has 0 saturated heterocycles. The van der Waals surface area contributed by atoms with E-state index in [4.69, 9.17) is 10.5 Å². The van der Waals surface area contributed by atoms with Crippen LogP contribution in [0.15, 0.2) is 36.7 Å². The Balaban J connectivity index is 0.00000288. The number of hydrogen-bond acceptors (Lipinski definition) is 4. The number of aryl methyl sites for hydroxylation is 1. The van der Waals surface area contributed by atoms with Crippen LogP contribution in [0.3, 0.4) is 0 Å². The van der Waals surface area contributed by atoms with Crippen molar-refractivity contribution in [2.75, 3.05) is 5.32 Å². The average molecular weight is 353 g/mol. The van der Waals surface area contributed by atoms with Crippen molar-refractivity contribution >= 4 is 24.0 Å². The van der Waals surface area contributed by atoms with E-state index in [1.807, 2.05) is 43.8 Å². The zero-order valence-electron chi connectivity index (χ0n) is 14.2. The number of ether oxygens (including phenoxy) is 1. The second kappa shape index (κ2) is 9.30. The summed E-state index contributed by atoms with van der Waals surface area (Å²) < 4.78 is 7.58. The third-order valence-corrected chi connectivity index (χ3v) is 3.97. The van der Waals surface area contributed by atoms with E-state index >= 15 is 0 Å². The minimum absolute atomic E-state index is 0. The number of rotatable bonds is 7. The number of aromatic nitrogens is 2. The molecule has 0 fully saturated rings. The van der Waals surface area contributed by atoms with Crippen LogP contribution in [0.4, 0.5) is 5.69 Å². The van der Waals surface area contributed by atoms with Crippen molar-refractivity contribution in [1.29, 1.82) is 0 Å². The zero-order valence-corrected chi connectivity index (χ0v) is 15.0. The van der Waals surface area contributed by atoms with Gasteiger partial charge in [-0.05, 0) is 30.2 Å². The second-order valence-electron chi connectivity index (χ2n) is 5.67. The number of carbonyl (C=O) groups is 1. The normalized spacial score (nSPS) is 12.8. The molecular formula is C17H25ClN4O2. The molecule has 2 aromatic rings. The number of carbonyl (C=O) groups excluding carboxylic acids is 1. The van der Waals surface area contributed by atoms with Gasteiger partial charge in [-0.25, -0.2) is 4.98 Å². The number of halogens is 1. The van der Waals surface area contributed by atoms with E-state index in [0.29, 0.717) is 12.3 Å². The Kier molecular flexibility index (Phi) is 7.74. The first-order valence-electron chi connectivity index (χ1n) is 7.76. The van der Waals surface area contributed by atoms with Crippen LogP contribution in [-0.4, -0.2) is 21.5 Å². The molecule has 0 aliphatic carbocycles. The molecule has 0 radical (unpaired) electrons. The number of amides is 1. The SMILES string of the molecule is CCC(C)C(N)C(=O)Nc1ccc(OCc2nccn2C)cc1.Cl. The van der Waals surface area contributed by atoms with E-state index in [2.05, 4.69) is 10.3 Å². The Morgan fingerprint density at radius 2 is 2.04 bits per heavy atom. The van der Waals surface area contributed by atoms with Crippen molar-refractivity contribution < 1.29 is 9.53 Å². The van der Waals surface area contributed by atoms with Crippen LogP contribution >= 0.6 is 12.4 Å². The van der Waals surface area contributed by atoms with Gasteiger partial charge in [-0.3, -0.25) is 4.79 Å². The maximum Gasteiger partial charge on any atom is 0.241 e. The predicted molar refractivity (Wildman–Crippen MR) is 97.3 cm³/mol. The van der Waals surface area contributed by atoms with Crippen molar-refractivity contribution in [2.45, 2.75) is 32.9 Å². The molecule has 0 aliphatic heterocycles. The zero-order chi connectivity index (χ0) is 16.8. The van der Waals surface area contributed by atoms with E-state index in [0.717, 1.165) is 18.0 Å². The van der Waals surface area contributed by atoms with Gasteiger partial charge in [-0.1, -0.05) is 20.3 Å². The first-order chi connectivity index (χ1) is 11.0. The standard InChI is InChI=1S/C17H24N4O2.ClH/c1-4-12(2)16(18)17(22)20-13-5-7-14(8-6-13)23-11-15-19-9-10-21(15)3;/h5-10,12,16H,4,11,18H2,1-3H3,(H,20,22);1H. The Morgan fingerprint density at radius 3 is 2.58 bits per heavy atom. The van der Waals surface area contributed by atoms with Crippen molar-refractivity contribution in [3.05, 3.63) is 42.5 Å². The van der Waals surface area contributed by atoms with Crippen LogP contribution in [0.5, 0.6) is 5.75 Å². The lowest BCUT2D eigenvalue weighted by atomic mass is 9.99. The van der Waals surface area contributed by atoms with E-state index in [9.17, 15) is 4.79 Å². The molecule has 1 aromatic carbocycles. The molecule has 3 N–H and O–H groups in total. The van der Waals surface area contributed by atoms with Gasteiger partial charge in [0.2, 0.25) is 5.91 Å². The van der Waals surface area contributed by atoms with Crippen molar-refractivity contribution in [3.8, 4) is 5.75 Å². The van der Waals surface area contributed by atoms with Gasteiger partial charge < -0.3 is 20.4 Å². The van der Waals surface area contributed by atoms with Gasteiger partial charge in [0.05, 0.1) is 6.04 Å². The van der Waals surface area contributed by atoms with Gasteiger partial charge in [0, 0.05) is 25.1 Å². The lowest BCUT2D eigenvalue weighted by Gasteiger charge is -2.17. The maximum atomic E-state index is 12.0. The van der Waals surface area contributed by atoms with Crippen LogP contribution in [0, 0.1) is 5.92 Å². The molecule has 1 aromatic heterocycles. The molecule has 24 heavy (non-hydrogen) atoms. The van der Waals surface area contributed by atoms with Gasteiger partial charge >= 0.3 is 0 Å². The van der Waals surface area contributed by atoms with Crippen LogP contribution in [0.25, 0.3) is 0 Å². The monoisotopic (exact) mass is 352 g/mol. The molecule has 0 bridgehead atoms. The van der Waals surface area contributed by atoms with E-state index in [-0.39, 0.29) is 24.2 Å². The molecule has 0 spiro atoms. The average Bonchev–Trinajstić information content (AvgIpc) is 2.97. The molecule has 132 valence electrons. The first kappa shape index (κ1) is 20.0. The summed E-state index contributed by atoms with van der Waals surface area (Å²) in [5.74, 6) is 1.55. The number of imidazole rings is 1. The summed E-state index contributed by atoms with van der Waals surface area (Å²) in [5, 5.41) is 2.83. The molecule has 0 saturated carbocycles. The van der Waals surface area contributed by atoms with Gasteiger partial charge in [-0.2, -0.15) is 0 Å². The Labute approximate surface area is 148 Å². The van der Waals surface area contributed by atoms with Crippen molar-refractivity contribution in [2.24, 2.45) is 18.7 Å². The molecule has 0 aliphatic rings. The molecule has 2 atom stereocenters. The van der Waals surface area contributed by atoms with Crippen LogP contribution < -0.4 is 15.8 Å². The molecule has 1 heterocycles. The maximum absolute atomic E-state index is 12.0. The number of anilines is 1. The fourth-order valence-electron chi connectivity index (χ4n) is 2.06. The molecule has 2 unspecified atom stereocenters. The van der Waals surface area contributed by atoms with Crippen molar-refractivity contribution in [3.63, 3.8) is 0 Å². The minimum atomic E-state index is -0.501. The molecule has 1 amide bonds. The van der Waals surface area contributed by atoms with E-state index < -0.39 is 6.04 Å². The van der Waals surface area contributed by atoms with Crippen LogP contribution in [-0.2, 0) is 18.4 Å². The van der Waals surface area contributed by atoms with Gasteiger partial charge in [0.25, 0.3) is 0 Å². The summed E-state index contributed by atoms with van der Waals surface area (Å²) in [6.45, 7) is 4.39. The topological polar surface area (TPSA) is 82.2 Å². The Hall–Kier alpha value is -2.05. The van der Waals surface area contributed by atoms with E-state index in [1.165, 1.54) is 0 Å². The molecular weight excluding hydrogens is 328 g/mol. The highest BCUT2D eigenvalue weighted by atomic mass is 35.5. The molecule has 2 rings (SSSR count). The summed E-state index contributed by atoms with van der Waals surface area (Å²) in [6.07, 6.45) is 4.48. The van der Waals surface area contributed by atoms with Crippen LogP contribution in [0.2, 0.25) is 0 Å². The number of nitrogens with zero attached hydrogens (tertiary/aromatic N) is 2. The lowest BCUT2D eigenvalue weighted by molar-refractivity contribution is -0.118. The smallest absolute Gasteiger partial charge is 0.241 e. The van der Waals surface area contributed by atoms with Gasteiger partial charge in [0.1, 0.15) is 18.2 Å². The fourth-order valence-corrected chi connectivity index (χ4v) is 2.06. The summed E-state index contributed by atoms with van der Waals surface area (Å²) >= 11 is 0. The summed E-state index contributed by atoms with van der Waals surface area (Å²) in [4.78, 5) is 16.2. The second-order valence-corrected chi connectivity index (χ2v) is 5.67. The largest absolute Gasteiger partial charge is 0.486 e. The highest BCUT2D eigenvalue weighted by Gasteiger charge is 2.19. The van der Waals surface area contributed by atoms with E-state index in [1.54, 1.807) is 18.3 Å². The fraction of sp³-hybridized carbons (Fsp3) is 0.412. The number of hydrogen-bond donors (Lipinski definition) is 2. The third-order valence-electron chi connectivity index (χ3n) is 3.97. The third kappa shape index (κ3) is 5.25. The lowest BCUT2D eigenvalue weighted by Crippen LogP contribution is -2.40. The first-order valence-corrected chi connectivity index (χ1v) is 7.76. The summed E-state index contributed by atoms with van der Waals surface area (Å²) in [6, 6.07) is 6.73. The Morgan fingerprint density at radius 1 is 1.38 bits per heavy atom. The van der Waals surface area contributed by atoms with Gasteiger partial charge in [-0.15, -0.1) is 12.4 Å². The predicted octanol–water partition coefficient (Wildman–Crippen LogP) is 2.73. The summed E-state index contributed by atoms with van der Waals surface area (Å²) in [5.41, 5.74) is 6.63. The summed E-state index contributed by atoms with van der Waals surface area (Å²) in [7, 11) is 1.92.